The molecule has 1 saturated heterocycles. The SMILES string of the molecule is CC[C@@]1(C)CCC[C@@]2(CNC(=O)O2)C1. The summed E-state index contributed by atoms with van der Waals surface area (Å²) in [7, 11) is 0. The van der Waals surface area contributed by atoms with E-state index in [9.17, 15) is 4.79 Å². The van der Waals surface area contributed by atoms with Crippen LogP contribution in [0.5, 0.6) is 0 Å². The number of rotatable bonds is 1. The van der Waals surface area contributed by atoms with Crippen LogP contribution in [0, 0.1) is 5.41 Å². The van der Waals surface area contributed by atoms with Crippen molar-refractivity contribution in [2.75, 3.05) is 6.54 Å². The van der Waals surface area contributed by atoms with Crippen LogP contribution >= 0.6 is 0 Å². The second-order valence-electron chi connectivity index (χ2n) is 5.12. The molecule has 0 aromatic carbocycles. The maximum atomic E-state index is 11.1. The van der Waals surface area contributed by atoms with Gasteiger partial charge < -0.3 is 10.1 Å². The third kappa shape index (κ3) is 1.60. The molecule has 2 aliphatic rings. The maximum absolute atomic E-state index is 11.1. The van der Waals surface area contributed by atoms with E-state index in [0.717, 1.165) is 12.8 Å². The van der Waals surface area contributed by atoms with Crippen molar-refractivity contribution in [2.24, 2.45) is 5.41 Å². The first-order valence-corrected chi connectivity index (χ1v) is 5.54. The summed E-state index contributed by atoms with van der Waals surface area (Å²) < 4.78 is 5.44. The fraction of sp³-hybridized carbons (Fsp3) is 0.909. The Morgan fingerprint density at radius 2 is 2.29 bits per heavy atom. The maximum Gasteiger partial charge on any atom is 0.407 e. The third-order valence-electron chi connectivity index (χ3n) is 3.88. The lowest BCUT2D eigenvalue weighted by atomic mass is 9.67. The van der Waals surface area contributed by atoms with Gasteiger partial charge in [0.15, 0.2) is 0 Å². The summed E-state index contributed by atoms with van der Waals surface area (Å²) in [4.78, 5) is 11.1. The molecular weight excluding hydrogens is 178 g/mol. The van der Waals surface area contributed by atoms with Gasteiger partial charge >= 0.3 is 6.09 Å². The number of carbonyl (C=O) groups excluding carboxylic acids is 1. The number of ether oxygens (including phenoxy) is 1. The molecule has 0 radical (unpaired) electrons. The van der Waals surface area contributed by atoms with Crippen molar-refractivity contribution in [3.63, 3.8) is 0 Å². The number of nitrogens with one attached hydrogen (secondary N) is 1. The highest BCUT2D eigenvalue weighted by molar-refractivity contribution is 5.70. The number of amides is 1. The van der Waals surface area contributed by atoms with Crippen molar-refractivity contribution in [3.8, 4) is 0 Å². The summed E-state index contributed by atoms with van der Waals surface area (Å²) in [6.07, 6.45) is 5.44. The van der Waals surface area contributed by atoms with Gasteiger partial charge in [0.25, 0.3) is 0 Å². The predicted molar refractivity (Wildman–Crippen MR) is 54.1 cm³/mol. The lowest BCUT2D eigenvalue weighted by molar-refractivity contribution is -0.0225. The Hall–Kier alpha value is -0.730. The van der Waals surface area contributed by atoms with Crippen LogP contribution in [0.3, 0.4) is 0 Å². The highest BCUT2D eigenvalue weighted by atomic mass is 16.6. The highest BCUT2D eigenvalue weighted by Crippen LogP contribution is 2.46. The number of alkyl carbamates (subject to hydrolysis) is 1. The van der Waals surface area contributed by atoms with Crippen molar-refractivity contribution in [3.05, 3.63) is 0 Å². The quantitative estimate of drug-likeness (QED) is 0.701. The standard InChI is InChI=1S/C11H19NO2/c1-3-10(2)5-4-6-11(7-10)8-12-9(13)14-11/h3-8H2,1-2H3,(H,12,13)/t10-,11-/m0/s1. The molecule has 1 aliphatic heterocycles. The van der Waals surface area contributed by atoms with E-state index >= 15 is 0 Å². The first-order chi connectivity index (χ1) is 6.58. The van der Waals surface area contributed by atoms with Crippen LogP contribution in [-0.4, -0.2) is 18.2 Å². The molecule has 3 nitrogen and oxygen atoms in total. The molecule has 1 aliphatic carbocycles. The van der Waals surface area contributed by atoms with E-state index in [2.05, 4.69) is 19.2 Å². The zero-order chi connectivity index (χ0) is 10.2. The summed E-state index contributed by atoms with van der Waals surface area (Å²) in [5.74, 6) is 0. The molecule has 2 fully saturated rings. The lowest BCUT2D eigenvalue weighted by Crippen LogP contribution is -2.42. The Kier molecular flexibility index (Phi) is 2.20. The molecule has 1 N–H and O–H groups in total. The summed E-state index contributed by atoms with van der Waals surface area (Å²) in [6, 6.07) is 0. The summed E-state index contributed by atoms with van der Waals surface area (Å²) in [5.41, 5.74) is 0.185. The third-order valence-corrected chi connectivity index (χ3v) is 3.88. The Labute approximate surface area is 85.2 Å². The normalized spacial score (nSPS) is 42.3. The van der Waals surface area contributed by atoms with Crippen molar-refractivity contribution in [1.82, 2.24) is 5.32 Å². The molecule has 1 amide bonds. The van der Waals surface area contributed by atoms with E-state index in [1.54, 1.807) is 0 Å². The van der Waals surface area contributed by atoms with E-state index in [0.29, 0.717) is 12.0 Å². The molecule has 0 aromatic rings. The van der Waals surface area contributed by atoms with E-state index < -0.39 is 0 Å². The van der Waals surface area contributed by atoms with Gasteiger partial charge in [-0.3, -0.25) is 0 Å². The van der Waals surface area contributed by atoms with E-state index in [1.165, 1.54) is 19.3 Å². The van der Waals surface area contributed by atoms with Gasteiger partial charge in [0, 0.05) is 0 Å². The van der Waals surface area contributed by atoms with Gasteiger partial charge in [0.1, 0.15) is 5.60 Å². The predicted octanol–water partition coefficient (Wildman–Crippen LogP) is 2.46. The smallest absolute Gasteiger partial charge is 0.407 e. The molecule has 0 aromatic heterocycles. The molecular formula is C11H19NO2. The second-order valence-corrected chi connectivity index (χ2v) is 5.12. The van der Waals surface area contributed by atoms with Crippen molar-refractivity contribution in [1.29, 1.82) is 0 Å². The monoisotopic (exact) mass is 197 g/mol. The van der Waals surface area contributed by atoms with Gasteiger partial charge in [-0.1, -0.05) is 20.3 Å². The molecule has 1 spiro atoms. The molecule has 80 valence electrons. The van der Waals surface area contributed by atoms with Crippen LogP contribution in [0.1, 0.15) is 46.0 Å². The Morgan fingerprint density at radius 3 is 2.86 bits per heavy atom. The molecule has 2 atom stereocenters. The minimum absolute atomic E-state index is 0.180. The van der Waals surface area contributed by atoms with Crippen LogP contribution in [-0.2, 0) is 4.74 Å². The number of hydrogen-bond acceptors (Lipinski definition) is 2. The average Bonchev–Trinajstić information content (AvgIpc) is 2.47. The fourth-order valence-electron chi connectivity index (χ4n) is 2.83. The van der Waals surface area contributed by atoms with Crippen LogP contribution in [0.25, 0.3) is 0 Å². The molecule has 0 bridgehead atoms. The van der Waals surface area contributed by atoms with Gasteiger partial charge in [0.05, 0.1) is 6.54 Å². The molecule has 14 heavy (non-hydrogen) atoms. The zero-order valence-electron chi connectivity index (χ0n) is 9.06. The summed E-state index contributed by atoms with van der Waals surface area (Å²) >= 11 is 0. The van der Waals surface area contributed by atoms with Crippen LogP contribution in [0.15, 0.2) is 0 Å². The van der Waals surface area contributed by atoms with E-state index in [4.69, 9.17) is 4.74 Å². The van der Waals surface area contributed by atoms with Gasteiger partial charge in [-0.15, -0.1) is 0 Å². The van der Waals surface area contributed by atoms with Crippen LogP contribution in [0.2, 0.25) is 0 Å². The Morgan fingerprint density at radius 1 is 1.50 bits per heavy atom. The first kappa shape index (κ1) is 9.81. The molecule has 0 unspecified atom stereocenters. The first-order valence-electron chi connectivity index (χ1n) is 5.54. The minimum Gasteiger partial charge on any atom is -0.441 e. The van der Waals surface area contributed by atoms with E-state index in [-0.39, 0.29) is 11.7 Å². The van der Waals surface area contributed by atoms with Gasteiger partial charge in [0.2, 0.25) is 0 Å². The van der Waals surface area contributed by atoms with Crippen LogP contribution in [0.4, 0.5) is 4.79 Å². The number of carbonyl (C=O) groups is 1. The lowest BCUT2D eigenvalue weighted by Gasteiger charge is -2.42. The summed E-state index contributed by atoms with van der Waals surface area (Å²) in [6.45, 7) is 5.24. The molecule has 1 heterocycles. The molecule has 1 saturated carbocycles. The highest BCUT2D eigenvalue weighted by Gasteiger charge is 2.47. The Bertz CT molecular complexity index is 254. The zero-order valence-corrected chi connectivity index (χ0v) is 9.06. The number of hydrogen-bond donors (Lipinski definition) is 1. The van der Waals surface area contributed by atoms with Gasteiger partial charge in [-0.2, -0.15) is 0 Å². The minimum atomic E-state index is -0.231. The van der Waals surface area contributed by atoms with E-state index in [1.807, 2.05) is 0 Å². The second kappa shape index (κ2) is 3.14. The molecule has 3 heteroatoms. The van der Waals surface area contributed by atoms with Crippen molar-refractivity contribution < 1.29 is 9.53 Å². The Balaban J connectivity index is 2.10. The average molecular weight is 197 g/mol. The van der Waals surface area contributed by atoms with Crippen LogP contribution < -0.4 is 5.32 Å². The van der Waals surface area contributed by atoms with Gasteiger partial charge in [-0.25, -0.2) is 4.79 Å². The van der Waals surface area contributed by atoms with Crippen molar-refractivity contribution >= 4 is 6.09 Å². The molecule has 2 rings (SSSR count). The largest absolute Gasteiger partial charge is 0.441 e. The van der Waals surface area contributed by atoms with Crippen molar-refractivity contribution in [2.45, 2.75) is 51.6 Å². The van der Waals surface area contributed by atoms with Gasteiger partial charge in [-0.05, 0) is 31.1 Å². The summed E-state index contributed by atoms with van der Waals surface area (Å²) in [5, 5.41) is 2.78. The fourth-order valence-corrected chi connectivity index (χ4v) is 2.83. The topological polar surface area (TPSA) is 38.3 Å².